The van der Waals surface area contributed by atoms with Crippen LogP contribution in [-0.4, -0.2) is 34.1 Å². The van der Waals surface area contributed by atoms with Crippen LogP contribution in [0.3, 0.4) is 0 Å². The zero-order valence-corrected chi connectivity index (χ0v) is 14.0. The quantitative estimate of drug-likeness (QED) is 0.761. The van der Waals surface area contributed by atoms with Crippen molar-refractivity contribution < 1.29 is 9.84 Å². The Hall–Kier alpha value is -2.24. The predicted molar refractivity (Wildman–Crippen MR) is 96.5 cm³/mol. The van der Waals surface area contributed by atoms with E-state index in [2.05, 4.69) is 10.4 Å². The minimum absolute atomic E-state index is 0. The zero-order chi connectivity index (χ0) is 15.6. The first kappa shape index (κ1) is 16.6. The number of hydrogen-bond donors (Lipinski definition) is 2. The summed E-state index contributed by atoms with van der Waals surface area (Å²) in [5, 5.41) is 18.9. The smallest absolute Gasteiger partial charge is 0.222 e. The summed E-state index contributed by atoms with van der Waals surface area (Å²) in [7, 11) is 0. The molecule has 0 radical (unpaired) electrons. The van der Waals surface area contributed by atoms with Crippen LogP contribution in [0.2, 0.25) is 0 Å². The maximum Gasteiger partial charge on any atom is 0.222 e. The lowest BCUT2D eigenvalue weighted by Crippen LogP contribution is -2.28. The molecule has 1 aliphatic rings. The number of halogens is 1. The van der Waals surface area contributed by atoms with Gasteiger partial charge in [0.05, 0.1) is 16.6 Å². The Morgan fingerprint density at radius 1 is 1.17 bits per heavy atom. The Balaban J connectivity index is 0.00000169. The molecule has 4 rings (SSSR count). The molecule has 5 nitrogen and oxygen atoms in total. The minimum Gasteiger partial charge on any atom is -0.493 e. The van der Waals surface area contributed by atoms with Crippen LogP contribution in [0, 0.1) is 0 Å². The van der Waals surface area contributed by atoms with E-state index in [1.54, 1.807) is 4.68 Å². The highest BCUT2D eigenvalue weighted by Gasteiger charge is 2.15. The number of aromatic nitrogens is 2. The van der Waals surface area contributed by atoms with Crippen molar-refractivity contribution in [1.29, 1.82) is 0 Å². The highest BCUT2D eigenvalue weighted by molar-refractivity contribution is 5.85. The third-order valence-electron chi connectivity index (χ3n) is 4.25. The molecule has 6 heteroatoms. The molecule has 1 fully saturated rings. The maximum absolute atomic E-state index is 10.3. The molecule has 2 N–H and O–H groups in total. The normalized spacial score (nSPS) is 16.9. The van der Waals surface area contributed by atoms with Crippen LogP contribution in [0.15, 0.2) is 48.5 Å². The van der Waals surface area contributed by atoms with E-state index in [0.717, 1.165) is 28.9 Å². The molecular weight excluding hydrogens is 326 g/mol. The summed E-state index contributed by atoms with van der Waals surface area (Å²) in [6.45, 7) is 1.77. The molecule has 2 aromatic carbocycles. The van der Waals surface area contributed by atoms with E-state index in [9.17, 15) is 5.11 Å². The van der Waals surface area contributed by atoms with Crippen molar-refractivity contribution in [3.8, 4) is 17.3 Å². The summed E-state index contributed by atoms with van der Waals surface area (Å²) in [4.78, 5) is 0. The van der Waals surface area contributed by atoms with Crippen LogP contribution in [0.1, 0.15) is 12.8 Å². The zero-order valence-electron chi connectivity index (χ0n) is 13.2. The average molecular weight is 346 g/mol. The van der Waals surface area contributed by atoms with Gasteiger partial charge >= 0.3 is 0 Å². The molecule has 1 unspecified atom stereocenters. The average Bonchev–Trinajstić information content (AvgIpc) is 3.22. The van der Waals surface area contributed by atoms with Crippen molar-refractivity contribution in [3.63, 3.8) is 0 Å². The third kappa shape index (κ3) is 3.18. The molecule has 1 aromatic heterocycles. The molecule has 0 amide bonds. The highest BCUT2D eigenvalue weighted by atomic mass is 35.5. The minimum atomic E-state index is 0. The van der Waals surface area contributed by atoms with Gasteiger partial charge in [-0.2, -0.15) is 5.10 Å². The maximum atomic E-state index is 10.3. The Labute approximate surface area is 146 Å². The van der Waals surface area contributed by atoms with Gasteiger partial charge in [0.25, 0.3) is 0 Å². The van der Waals surface area contributed by atoms with Gasteiger partial charge in [0.2, 0.25) is 5.88 Å². The second kappa shape index (κ2) is 7.11. The Morgan fingerprint density at radius 2 is 1.96 bits per heavy atom. The van der Waals surface area contributed by atoms with Gasteiger partial charge in [-0.1, -0.05) is 12.1 Å². The molecule has 126 valence electrons. The van der Waals surface area contributed by atoms with Crippen LogP contribution in [-0.2, 0) is 0 Å². The van der Waals surface area contributed by atoms with Crippen molar-refractivity contribution in [1.82, 2.24) is 15.1 Å². The van der Waals surface area contributed by atoms with Crippen molar-refractivity contribution in [2.45, 2.75) is 18.9 Å². The molecule has 0 aliphatic carbocycles. The summed E-state index contributed by atoms with van der Waals surface area (Å²) < 4.78 is 7.36. The number of benzene rings is 2. The molecule has 2 heterocycles. The van der Waals surface area contributed by atoms with Gasteiger partial charge in [0.1, 0.15) is 12.4 Å². The molecule has 1 saturated heterocycles. The van der Waals surface area contributed by atoms with E-state index in [1.807, 2.05) is 48.5 Å². The van der Waals surface area contributed by atoms with Crippen molar-refractivity contribution in [3.05, 3.63) is 48.5 Å². The predicted octanol–water partition coefficient (Wildman–Crippen LogP) is 3.28. The fraction of sp³-hybridized carbons (Fsp3) is 0.278. The first-order valence-electron chi connectivity index (χ1n) is 7.94. The van der Waals surface area contributed by atoms with E-state index >= 15 is 0 Å². The Kier molecular flexibility index (Phi) is 4.92. The van der Waals surface area contributed by atoms with Gasteiger partial charge in [-0.25, -0.2) is 4.68 Å². The molecular formula is C18H20ClN3O2. The Bertz CT molecular complexity index is 811. The molecule has 3 aromatic rings. The van der Waals surface area contributed by atoms with Gasteiger partial charge in [-0.3, -0.25) is 0 Å². The van der Waals surface area contributed by atoms with Crippen LogP contribution in [0.5, 0.6) is 11.6 Å². The fourth-order valence-electron chi connectivity index (χ4n) is 2.98. The number of aromatic hydroxyl groups is 1. The van der Waals surface area contributed by atoms with Gasteiger partial charge < -0.3 is 15.2 Å². The van der Waals surface area contributed by atoms with E-state index in [4.69, 9.17) is 4.74 Å². The number of fused-ring (bicyclic) bond motifs is 1. The van der Waals surface area contributed by atoms with Crippen LogP contribution < -0.4 is 10.1 Å². The van der Waals surface area contributed by atoms with Crippen LogP contribution in [0.4, 0.5) is 0 Å². The summed E-state index contributed by atoms with van der Waals surface area (Å²) >= 11 is 0. The fourth-order valence-corrected chi connectivity index (χ4v) is 2.98. The molecule has 0 saturated carbocycles. The number of rotatable bonds is 4. The third-order valence-corrected chi connectivity index (χ3v) is 4.25. The standard InChI is InChI=1S/C18H19N3O2.ClH/c22-18-16-5-1-2-6-17(16)20-21(18)14-7-9-15(10-8-14)23-12-13-4-3-11-19-13;/h1-2,5-10,13,19,22H,3-4,11-12H2;1H. The second-order valence-electron chi connectivity index (χ2n) is 5.85. The lowest BCUT2D eigenvalue weighted by Gasteiger charge is -2.12. The molecule has 1 atom stereocenters. The number of nitrogens with one attached hydrogen (secondary N) is 1. The summed E-state index contributed by atoms with van der Waals surface area (Å²) in [5.41, 5.74) is 1.59. The van der Waals surface area contributed by atoms with Crippen molar-refractivity contribution >= 4 is 23.3 Å². The summed E-state index contributed by atoms with van der Waals surface area (Å²) in [5.74, 6) is 0.989. The molecule has 1 aliphatic heterocycles. The van der Waals surface area contributed by atoms with Gasteiger partial charge in [0, 0.05) is 6.04 Å². The number of hydrogen-bond acceptors (Lipinski definition) is 4. The molecule has 24 heavy (non-hydrogen) atoms. The largest absolute Gasteiger partial charge is 0.493 e. The van der Waals surface area contributed by atoms with E-state index in [1.165, 1.54) is 12.8 Å². The van der Waals surface area contributed by atoms with Crippen molar-refractivity contribution in [2.24, 2.45) is 0 Å². The first-order chi connectivity index (χ1) is 11.3. The van der Waals surface area contributed by atoms with Crippen LogP contribution >= 0.6 is 12.4 Å². The lowest BCUT2D eigenvalue weighted by atomic mass is 10.2. The summed E-state index contributed by atoms with van der Waals surface area (Å²) in [6, 6.07) is 15.6. The first-order valence-corrected chi connectivity index (χ1v) is 7.94. The lowest BCUT2D eigenvalue weighted by molar-refractivity contribution is 0.277. The monoisotopic (exact) mass is 345 g/mol. The van der Waals surface area contributed by atoms with Gasteiger partial charge in [-0.05, 0) is 55.8 Å². The Morgan fingerprint density at radius 3 is 2.67 bits per heavy atom. The van der Waals surface area contributed by atoms with E-state index < -0.39 is 0 Å². The van der Waals surface area contributed by atoms with Gasteiger partial charge in [0.15, 0.2) is 0 Å². The van der Waals surface area contributed by atoms with E-state index in [-0.39, 0.29) is 18.3 Å². The van der Waals surface area contributed by atoms with Crippen LogP contribution in [0.25, 0.3) is 16.6 Å². The number of ether oxygens (including phenoxy) is 1. The van der Waals surface area contributed by atoms with Gasteiger partial charge in [-0.15, -0.1) is 12.4 Å². The number of nitrogens with zero attached hydrogens (tertiary/aromatic N) is 2. The van der Waals surface area contributed by atoms with E-state index in [0.29, 0.717) is 12.6 Å². The molecule has 0 spiro atoms. The topological polar surface area (TPSA) is 59.3 Å². The summed E-state index contributed by atoms with van der Waals surface area (Å²) in [6.07, 6.45) is 2.39. The van der Waals surface area contributed by atoms with Crippen molar-refractivity contribution in [2.75, 3.05) is 13.2 Å². The SMILES string of the molecule is Cl.Oc1c2ccccc2nn1-c1ccc(OCC2CCCN2)cc1. The highest BCUT2D eigenvalue weighted by Crippen LogP contribution is 2.27. The second-order valence-corrected chi connectivity index (χ2v) is 5.85. The molecule has 0 bridgehead atoms.